The van der Waals surface area contributed by atoms with Crippen molar-refractivity contribution in [2.24, 2.45) is 0 Å². The molecule has 0 radical (unpaired) electrons. The Hall–Kier alpha value is -2.44. The second-order valence-electron chi connectivity index (χ2n) is 6.39. The Labute approximate surface area is 155 Å². The third kappa shape index (κ3) is 3.43. The lowest BCUT2D eigenvalue weighted by Gasteiger charge is -2.35. The average Bonchev–Trinajstić information content (AvgIpc) is 2.64. The minimum absolute atomic E-state index is 0.183. The number of H-pyrrole nitrogens is 1. The largest absolute Gasteiger partial charge is 0.367 e. The van der Waals surface area contributed by atoms with Gasteiger partial charge in [0.25, 0.3) is 5.56 Å². The van der Waals surface area contributed by atoms with Crippen LogP contribution in [0.1, 0.15) is 5.82 Å². The monoisotopic (exact) mass is 372 g/mol. The molecule has 7 heteroatoms. The molecule has 2 heterocycles. The van der Waals surface area contributed by atoms with Gasteiger partial charge in [-0.2, -0.15) is 0 Å². The zero-order valence-corrected chi connectivity index (χ0v) is 14.8. The summed E-state index contributed by atoms with van der Waals surface area (Å²) in [5.41, 5.74) is 1.09. The van der Waals surface area contributed by atoms with Gasteiger partial charge < -0.3 is 9.88 Å². The van der Waals surface area contributed by atoms with Crippen LogP contribution in [-0.4, -0.2) is 41.0 Å². The van der Waals surface area contributed by atoms with Crippen molar-refractivity contribution in [2.75, 3.05) is 31.1 Å². The fourth-order valence-electron chi connectivity index (χ4n) is 3.30. The van der Waals surface area contributed by atoms with E-state index in [9.17, 15) is 9.18 Å². The molecule has 1 saturated heterocycles. The van der Waals surface area contributed by atoms with Crippen molar-refractivity contribution < 1.29 is 4.39 Å². The summed E-state index contributed by atoms with van der Waals surface area (Å²) in [6.45, 7) is 3.56. The number of fused-ring (bicyclic) bond motifs is 1. The van der Waals surface area contributed by atoms with Crippen LogP contribution in [0.2, 0.25) is 5.02 Å². The number of aromatic nitrogens is 2. The Balaban J connectivity index is 1.46. The number of para-hydroxylation sites is 1. The van der Waals surface area contributed by atoms with E-state index in [0.29, 0.717) is 34.0 Å². The number of nitrogens with one attached hydrogen (secondary N) is 1. The smallest absolute Gasteiger partial charge is 0.258 e. The van der Waals surface area contributed by atoms with Crippen LogP contribution in [0, 0.1) is 5.82 Å². The summed E-state index contributed by atoms with van der Waals surface area (Å²) >= 11 is 5.94. The molecule has 0 aliphatic carbocycles. The van der Waals surface area contributed by atoms with Gasteiger partial charge in [-0.3, -0.25) is 9.69 Å². The van der Waals surface area contributed by atoms with Gasteiger partial charge in [-0.15, -0.1) is 0 Å². The van der Waals surface area contributed by atoms with E-state index >= 15 is 0 Å². The van der Waals surface area contributed by atoms with Gasteiger partial charge in [0, 0.05) is 31.2 Å². The summed E-state index contributed by atoms with van der Waals surface area (Å²) in [6, 6.07) is 11.9. The number of rotatable bonds is 3. The van der Waals surface area contributed by atoms with Crippen LogP contribution < -0.4 is 10.5 Å². The van der Waals surface area contributed by atoms with E-state index in [1.165, 1.54) is 6.07 Å². The lowest BCUT2D eigenvalue weighted by atomic mass is 10.2. The second-order valence-corrected chi connectivity index (χ2v) is 6.83. The molecule has 0 bridgehead atoms. The Morgan fingerprint density at radius 1 is 1.12 bits per heavy atom. The lowest BCUT2D eigenvalue weighted by molar-refractivity contribution is 0.243. The SMILES string of the molecule is O=c1[nH]c(CN2CCN(c3ccccc3F)CC2)nc2ccc(Cl)cc12. The number of benzene rings is 2. The number of hydrogen-bond donors (Lipinski definition) is 1. The third-order valence-electron chi connectivity index (χ3n) is 4.66. The van der Waals surface area contributed by atoms with Crippen molar-refractivity contribution in [1.29, 1.82) is 0 Å². The fraction of sp³-hybridized carbons (Fsp3) is 0.263. The standard InChI is InChI=1S/C19H18ClFN4O/c20-13-5-6-16-14(11-13)19(26)23-18(22-16)12-24-7-9-25(10-8-24)17-4-2-1-3-15(17)21/h1-6,11H,7-10,12H2,(H,22,23,26). The van der Waals surface area contributed by atoms with E-state index in [4.69, 9.17) is 11.6 Å². The number of halogens is 2. The Kier molecular flexibility index (Phi) is 4.61. The van der Waals surface area contributed by atoms with Crippen LogP contribution in [-0.2, 0) is 6.54 Å². The highest BCUT2D eigenvalue weighted by Gasteiger charge is 2.20. The number of nitrogens with zero attached hydrogens (tertiary/aromatic N) is 3. The highest BCUT2D eigenvalue weighted by atomic mass is 35.5. The van der Waals surface area contributed by atoms with E-state index in [2.05, 4.69) is 14.9 Å². The molecule has 2 aromatic carbocycles. The first-order valence-corrected chi connectivity index (χ1v) is 8.88. The minimum atomic E-state index is -0.194. The van der Waals surface area contributed by atoms with Crippen molar-refractivity contribution in [3.05, 3.63) is 69.5 Å². The molecular weight excluding hydrogens is 355 g/mol. The quantitative estimate of drug-likeness (QED) is 0.767. The highest BCUT2D eigenvalue weighted by molar-refractivity contribution is 6.31. The topological polar surface area (TPSA) is 52.2 Å². The summed E-state index contributed by atoms with van der Waals surface area (Å²) in [4.78, 5) is 23.9. The maximum absolute atomic E-state index is 13.9. The van der Waals surface area contributed by atoms with Crippen LogP contribution in [0.15, 0.2) is 47.3 Å². The van der Waals surface area contributed by atoms with Gasteiger partial charge in [-0.05, 0) is 30.3 Å². The first-order chi connectivity index (χ1) is 12.6. The van der Waals surface area contributed by atoms with Gasteiger partial charge >= 0.3 is 0 Å². The molecule has 1 aromatic heterocycles. The fourth-order valence-corrected chi connectivity index (χ4v) is 3.47. The van der Waals surface area contributed by atoms with Crippen LogP contribution in [0.3, 0.4) is 0 Å². The van der Waals surface area contributed by atoms with Gasteiger partial charge in [-0.25, -0.2) is 9.37 Å². The number of hydrogen-bond acceptors (Lipinski definition) is 4. The highest BCUT2D eigenvalue weighted by Crippen LogP contribution is 2.20. The van der Waals surface area contributed by atoms with E-state index < -0.39 is 0 Å². The molecule has 0 atom stereocenters. The molecule has 1 aliphatic heterocycles. The van der Waals surface area contributed by atoms with E-state index in [-0.39, 0.29) is 11.4 Å². The summed E-state index contributed by atoms with van der Waals surface area (Å²) in [7, 11) is 0. The van der Waals surface area contributed by atoms with E-state index in [0.717, 1.165) is 26.2 Å². The molecule has 1 aliphatic rings. The van der Waals surface area contributed by atoms with Crippen molar-refractivity contribution >= 4 is 28.2 Å². The van der Waals surface area contributed by atoms with Crippen molar-refractivity contribution in [3.63, 3.8) is 0 Å². The van der Waals surface area contributed by atoms with Gasteiger partial charge in [-0.1, -0.05) is 23.7 Å². The molecule has 26 heavy (non-hydrogen) atoms. The molecule has 0 spiro atoms. The number of piperazine rings is 1. The number of aromatic amines is 1. The Morgan fingerprint density at radius 2 is 1.88 bits per heavy atom. The molecule has 0 saturated carbocycles. The van der Waals surface area contributed by atoms with E-state index in [1.54, 1.807) is 30.3 Å². The van der Waals surface area contributed by atoms with Crippen LogP contribution in [0.25, 0.3) is 10.9 Å². The zero-order chi connectivity index (χ0) is 18.1. The maximum Gasteiger partial charge on any atom is 0.258 e. The molecule has 134 valence electrons. The molecular formula is C19H18ClFN4O. The van der Waals surface area contributed by atoms with Crippen molar-refractivity contribution in [3.8, 4) is 0 Å². The third-order valence-corrected chi connectivity index (χ3v) is 4.89. The summed E-state index contributed by atoms with van der Waals surface area (Å²) in [6.07, 6.45) is 0. The second kappa shape index (κ2) is 7.05. The summed E-state index contributed by atoms with van der Waals surface area (Å²) in [5.74, 6) is 0.435. The molecule has 3 aromatic rings. The molecule has 1 fully saturated rings. The molecule has 5 nitrogen and oxygen atoms in total. The van der Waals surface area contributed by atoms with Crippen LogP contribution in [0.4, 0.5) is 10.1 Å². The molecule has 0 unspecified atom stereocenters. The predicted molar refractivity (Wildman–Crippen MR) is 101 cm³/mol. The average molecular weight is 373 g/mol. The van der Waals surface area contributed by atoms with Gasteiger partial charge in [0.1, 0.15) is 11.6 Å². The van der Waals surface area contributed by atoms with Crippen LogP contribution in [0.5, 0.6) is 0 Å². The predicted octanol–water partition coefficient (Wildman–Crippen LogP) is 3.04. The summed E-state index contributed by atoms with van der Waals surface area (Å²) in [5, 5.41) is 1.01. The lowest BCUT2D eigenvalue weighted by Crippen LogP contribution is -2.46. The van der Waals surface area contributed by atoms with E-state index in [1.807, 2.05) is 11.0 Å². The molecule has 1 N–H and O–H groups in total. The maximum atomic E-state index is 13.9. The molecule has 4 rings (SSSR count). The Morgan fingerprint density at radius 3 is 2.65 bits per heavy atom. The van der Waals surface area contributed by atoms with Gasteiger partial charge in [0.2, 0.25) is 0 Å². The first kappa shape index (κ1) is 17.0. The summed E-state index contributed by atoms with van der Waals surface area (Å²) < 4.78 is 13.9. The first-order valence-electron chi connectivity index (χ1n) is 8.50. The van der Waals surface area contributed by atoms with Crippen LogP contribution >= 0.6 is 11.6 Å². The van der Waals surface area contributed by atoms with Gasteiger partial charge in [0.05, 0.1) is 23.1 Å². The van der Waals surface area contributed by atoms with Crippen molar-refractivity contribution in [1.82, 2.24) is 14.9 Å². The number of anilines is 1. The zero-order valence-electron chi connectivity index (χ0n) is 14.1. The van der Waals surface area contributed by atoms with Crippen molar-refractivity contribution in [2.45, 2.75) is 6.54 Å². The van der Waals surface area contributed by atoms with Gasteiger partial charge in [0.15, 0.2) is 0 Å². The Bertz CT molecular complexity index is 998. The molecule has 0 amide bonds. The normalized spacial score (nSPS) is 15.5. The minimum Gasteiger partial charge on any atom is -0.367 e.